The SMILES string of the molecule is CCOc1ccc2ccccc2c1[C@H](N1CCNCC1)C(C)(C)C. The molecule has 2 aromatic carbocycles. The summed E-state index contributed by atoms with van der Waals surface area (Å²) in [4.78, 5) is 2.63. The van der Waals surface area contributed by atoms with Crippen LogP contribution in [-0.4, -0.2) is 37.7 Å². The van der Waals surface area contributed by atoms with Crippen LogP contribution in [0.25, 0.3) is 10.8 Å². The second-order valence-electron chi connectivity index (χ2n) is 7.69. The predicted octanol–water partition coefficient (Wildman–Crippen LogP) is 4.23. The van der Waals surface area contributed by atoms with E-state index in [1.807, 2.05) is 0 Å². The Labute approximate surface area is 146 Å². The zero-order valence-corrected chi connectivity index (χ0v) is 15.4. The second kappa shape index (κ2) is 7.12. The van der Waals surface area contributed by atoms with E-state index >= 15 is 0 Å². The highest BCUT2D eigenvalue weighted by Gasteiger charge is 2.35. The quantitative estimate of drug-likeness (QED) is 0.910. The number of hydrogen-bond donors (Lipinski definition) is 1. The van der Waals surface area contributed by atoms with Gasteiger partial charge in [0.25, 0.3) is 0 Å². The molecule has 1 aliphatic heterocycles. The summed E-state index contributed by atoms with van der Waals surface area (Å²) in [6.07, 6.45) is 0. The normalized spacial score (nSPS) is 17.8. The van der Waals surface area contributed by atoms with Gasteiger partial charge < -0.3 is 10.1 Å². The average Bonchev–Trinajstić information content (AvgIpc) is 2.57. The third-order valence-electron chi connectivity index (χ3n) is 4.84. The van der Waals surface area contributed by atoms with Gasteiger partial charge in [-0.05, 0) is 29.2 Å². The van der Waals surface area contributed by atoms with Crippen molar-refractivity contribution in [3.63, 3.8) is 0 Å². The van der Waals surface area contributed by atoms with Crippen LogP contribution in [0, 0.1) is 5.41 Å². The highest BCUT2D eigenvalue weighted by Crippen LogP contribution is 2.45. The number of nitrogens with one attached hydrogen (secondary N) is 1. The highest BCUT2D eigenvalue weighted by molar-refractivity contribution is 5.88. The van der Waals surface area contributed by atoms with Crippen molar-refractivity contribution in [2.75, 3.05) is 32.8 Å². The van der Waals surface area contributed by atoms with Crippen molar-refractivity contribution in [3.8, 4) is 5.75 Å². The van der Waals surface area contributed by atoms with Gasteiger partial charge in [0.2, 0.25) is 0 Å². The van der Waals surface area contributed by atoms with Crippen molar-refractivity contribution in [3.05, 3.63) is 42.0 Å². The van der Waals surface area contributed by atoms with Crippen LogP contribution in [0.5, 0.6) is 5.75 Å². The number of hydrogen-bond acceptors (Lipinski definition) is 3. The van der Waals surface area contributed by atoms with E-state index in [1.54, 1.807) is 0 Å². The summed E-state index contributed by atoms with van der Waals surface area (Å²) in [5, 5.41) is 6.09. The number of ether oxygens (including phenoxy) is 1. The molecule has 0 bridgehead atoms. The Morgan fingerprint density at radius 3 is 2.46 bits per heavy atom. The first-order valence-corrected chi connectivity index (χ1v) is 9.11. The molecule has 130 valence electrons. The van der Waals surface area contributed by atoms with Gasteiger partial charge in [-0.15, -0.1) is 0 Å². The first-order chi connectivity index (χ1) is 11.5. The molecule has 0 aromatic heterocycles. The van der Waals surface area contributed by atoms with E-state index in [2.05, 4.69) is 74.3 Å². The zero-order chi connectivity index (χ0) is 17.2. The summed E-state index contributed by atoms with van der Waals surface area (Å²) in [7, 11) is 0. The van der Waals surface area contributed by atoms with Gasteiger partial charge in [-0.2, -0.15) is 0 Å². The third-order valence-corrected chi connectivity index (χ3v) is 4.84. The standard InChI is InChI=1S/C21H30N2O/c1-5-24-18-11-10-16-8-6-7-9-17(16)19(18)20(21(2,3)4)23-14-12-22-13-15-23/h6-11,20,22H,5,12-15H2,1-4H3/t20-/m0/s1. The Balaban J connectivity index is 2.19. The van der Waals surface area contributed by atoms with Crippen LogP contribution in [0.15, 0.2) is 36.4 Å². The largest absolute Gasteiger partial charge is 0.494 e. The van der Waals surface area contributed by atoms with Crippen LogP contribution in [0.1, 0.15) is 39.3 Å². The molecule has 3 heteroatoms. The molecular weight excluding hydrogens is 296 g/mol. The van der Waals surface area contributed by atoms with E-state index < -0.39 is 0 Å². The summed E-state index contributed by atoms with van der Waals surface area (Å²) in [6, 6.07) is 13.4. The lowest BCUT2D eigenvalue weighted by molar-refractivity contribution is 0.0847. The van der Waals surface area contributed by atoms with Crippen LogP contribution in [-0.2, 0) is 0 Å². The van der Waals surface area contributed by atoms with Gasteiger partial charge in [-0.25, -0.2) is 0 Å². The molecule has 0 aliphatic carbocycles. The minimum absolute atomic E-state index is 0.132. The lowest BCUT2D eigenvalue weighted by atomic mass is 9.79. The van der Waals surface area contributed by atoms with Gasteiger partial charge >= 0.3 is 0 Å². The second-order valence-corrected chi connectivity index (χ2v) is 7.69. The summed E-state index contributed by atoms with van der Waals surface area (Å²) in [5.74, 6) is 1.04. The fourth-order valence-electron chi connectivity index (χ4n) is 3.94. The van der Waals surface area contributed by atoms with E-state index in [1.165, 1.54) is 16.3 Å². The highest BCUT2D eigenvalue weighted by atomic mass is 16.5. The molecule has 2 aromatic rings. The minimum atomic E-state index is 0.132. The fourth-order valence-corrected chi connectivity index (χ4v) is 3.94. The lowest BCUT2D eigenvalue weighted by Crippen LogP contribution is -2.48. The Bertz CT molecular complexity index is 684. The third kappa shape index (κ3) is 3.42. The first kappa shape index (κ1) is 17.2. The molecule has 0 saturated carbocycles. The van der Waals surface area contributed by atoms with Gasteiger partial charge in [0, 0.05) is 37.8 Å². The molecule has 3 rings (SSSR count). The van der Waals surface area contributed by atoms with E-state index in [-0.39, 0.29) is 5.41 Å². The Hall–Kier alpha value is -1.58. The molecule has 1 saturated heterocycles. The smallest absolute Gasteiger partial charge is 0.124 e. The van der Waals surface area contributed by atoms with Crippen molar-refractivity contribution in [2.24, 2.45) is 5.41 Å². The number of benzene rings is 2. The van der Waals surface area contributed by atoms with Crippen molar-refractivity contribution in [2.45, 2.75) is 33.7 Å². The van der Waals surface area contributed by atoms with Crippen LogP contribution in [0.2, 0.25) is 0 Å². The molecular formula is C21H30N2O. The Morgan fingerprint density at radius 1 is 1.08 bits per heavy atom. The van der Waals surface area contributed by atoms with E-state index in [4.69, 9.17) is 4.74 Å². The fraction of sp³-hybridized carbons (Fsp3) is 0.524. The van der Waals surface area contributed by atoms with Crippen LogP contribution in [0.4, 0.5) is 0 Å². The zero-order valence-electron chi connectivity index (χ0n) is 15.4. The number of piperazine rings is 1. The van der Waals surface area contributed by atoms with Gasteiger partial charge in [-0.1, -0.05) is 51.1 Å². The van der Waals surface area contributed by atoms with E-state index in [0.717, 1.165) is 31.9 Å². The number of nitrogens with zero attached hydrogens (tertiary/aromatic N) is 1. The maximum atomic E-state index is 6.07. The average molecular weight is 326 g/mol. The van der Waals surface area contributed by atoms with E-state index in [0.29, 0.717) is 12.6 Å². The molecule has 1 aliphatic rings. The monoisotopic (exact) mass is 326 g/mol. The Morgan fingerprint density at radius 2 is 1.79 bits per heavy atom. The number of rotatable bonds is 4. The molecule has 3 nitrogen and oxygen atoms in total. The van der Waals surface area contributed by atoms with Crippen LogP contribution < -0.4 is 10.1 Å². The minimum Gasteiger partial charge on any atom is -0.494 e. The number of fused-ring (bicyclic) bond motifs is 1. The maximum Gasteiger partial charge on any atom is 0.124 e. The molecule has 0 radical (unpaired) electrons. The Kier molecular flexibility index (Phi) is 5.12. The molecule has 1 N–H and O–H groups in total. The van der Waals surface area contributed by atoms with Gasteiger partial charge in [0.05, 0.1) is 6.61 Å². The van der Waals surface area contributed by atoms with Crippen LogP contribution in [0.3, 0.4) is 0 Å². The molecule has 24 heavy (non-hydrogen) atoms. The van der Waals surface area contributed by atoms with Crippen molar-refractivity contribution >= 4 is 10.8 Å². The molecule has 0 amide bonds. The summed E-state index contributed by atoms with van der Waals surface area (Å²) in [5.41, 5.74) is 1.48. The topological polar surface area (TPSA) is 24.5 Å². The molecule has 0 unspecified atom stereocenters. The van der Waals surface area contributed by atoms with Crippen molar-refractivity contribution in [1.82, 2.24) is 10.2 Å². The molecule has 0 spiro atoms. The van der Waals surface area contributed by atoms with Gasteiger partial charge in [0.1, 0.15) is 5.75 Å². The van der Waals surface area contributed by atoms with Gasteiger partial charge in [0.15, 0.2) is 0 Å². The predicted molar refractivity (Wildman–Crippen MR) is 102 cm³/mol. The summed E-state index contributed by atoms with van der Waals surface area (Å²) < 4.78 is 6.07. The van der Waals surface area contributed by atoms with Gasteiger partial charge in [-0.3, -0.25) is 4.90 Å². The molecule has 1 atom stereocenters. The van der Waals surface area contributed by atoms with Crippen LogP contribution >= 0.6 is 0 Å². The molecule has 1 fully saturated rings. The summed E-state index contributed by atoms with van der Waals surface area (Å²) in [6.45, 7) is 14.1. The molecule has 1 heterocycles. The lowest BCUT2D eigenvalue weighted by Gasteiger charge is -2.43. The first-order valence-electron chi connectivity index (χ1n) is 9.11. The summed E-state index contributed by atoms with van der Waals surface area (Å²) >= 11 is 0. The van der Waals surface area contributed by atoms with Crippen molar-refractivity contribution in [1.29, 1.82) is 0 Å². The van der Waals surface area contributed by atoms with E-state index in [9.17, 15) is 0 Å². The van der Waals surface area contributed by atoms with Crippen molar-refractivity contribution < 1.29 is 4.74 Å². The maximum absolute atomic E-state index is 6.07.